The number of nitrogens with zero attached hydrogens (tertiary/aromatic N) is 1. The maximum Gasteiger partial charge on any atom is 0.337 e. The Morgan fingerprint density at radius 2 is 1.89 bits per heavy atom. The first-order chi connectivity index (χ1) is 4.09. The molecule has 0 aromatic rings. The van der Waals surface area contributed by atoms with Crippen molar-refractivity contribution in [2.75, 3.05) is 0 Å². The molecule has 0 aliphatic rings. The summed E-state index contributed by atoms with van der Waals surface area (Å²) in [7, 11) is 0. The molecule has 1 radical (unpaired) electrons. The maximum absolute atomic E-state index is 9.80. The van der Waals surface area contributed by atoms with Crippen LogP contribution in [0.15, 0.2) is 0 Å². The summed E-state index contributed by atoms with van der Waals surface area (Å²) in [4.78, 5) is 9.80. The van der Waals surface area contributed by atoms with E-state index in [0.717, 1.165) is 0 Å². The molecule has 1 amide bonds. The van der Waals surface area contributed by atoms with E-state index in [1.54, 1.807) is 6.92 Å². The summed E-state index contributed by atoms with van der Waals surface area (Å²) < 4.78 is 0. The number of rotatable bonds is 3. The van der Waals surface area contributed by atoms with Gasteiger partial charge in [-0.2, -0.15) is 0 Å². The molecule has 0 spiro atoms. The first kappa shape index (κ1) is 8.43. The van der Waals surface area contributed by atoms with Gasteiger partial charge >= 0.3 is 6.41 Å². The van der Waals surface area contributed by atoms with Gasteiger partial charge < -0.3 is 0 Å². The van der Waals surface area contributed by atoms with Crippen LogP contribution >= 0.6 is 0 Å². The predicted octanol–water partition coefficient (Wildman–Crippen LogP) is 0.789. The number of hydrogen-bond acceptors (Lipinski definition) is 2. The van der Waals surface area contributed by atoms with E-state index in [9.17, 15) is 4.79 Å². The summed E-state index contributed by atoms with van der Waals surface area (Å²) in [5, 5.41) is 9.27. The quantitative estimate of drug-likeness (QED) is 0.348. The van der Waals surface area contributed by atoms with Gasteiger partial charge in [-0.1, -0.05) is 13.8 Å². The van der Waals surface area contributed by atoms with Crippen molar-refractivity contribution >= 4 is 6.41 Å². The molecule has 3 nitrogen and oxygen atoms in total. The van der Waals surface area contributed by atoms with Crippen molar-refractivity contribution in [3.05, 3.63) is 0 Å². The average Bonchev–Trinajstić information content (AvgIpc) is 1.84. The number of carbonyl (C=O) groups excluding carboxylic acids is 1. The molecule has 0 rings (SSSR count). The third kappa shape index (κ3) is 2.46. The molecule has 53 valence electrons. The van der Waals surface area contributed by atoms with E-state index in [1.807, 2.05) is 13.8 Å². The van der Waals surface area contributed by atoms with E-state index < -0.39 is 0 Å². The van der Waals surface area contributed by atoms with Crippen molar-refractivity contribution in [2.24, 2.45) is 5.92 Å². The van der Waals surface area contributed by atoms with Crippen LogP contribution in [-0.2, 0) is 4.79 Å². The Hall–Kier alpha value is -0.570. The van der Waals surface area contributed by atoms with Gasteiger partial charge in [0.05, 0.1) is 6.04 Å². The molecule has 0 heterocycles. The SMILES string of the molecule is CC(C)C(C)N(O)[C]=O. The number of hydroxylamine groups is 2. The average molecular weight is 130 g/mol. The van der Waals surface area contributed by atoms with Crippen LogP contribution < -0.4 is 0 Å². The Balaban J connectivity index is 3.71. The summed E-state index contributed by atoms with van der Waals surface area (Å²) in [6.07, 6.45) is 1.38. The summed E-state index contributed by atoms with van der Waals surface area (Å²) in [6.45, 7) is 5.60. The minimum absolute atomic E-state index is 0.150. The molecule has 0 saturated heterocycles. The van der Waals surface area contributed by atoms with Gasteiger partial charge in [0.1, 0.15) is 0 Å². The molecule has 1 atom stereocenters. The van der Waals surface area contributed by atoms with E-state index in [1.165, 1.54) is 6.41 Å². The highest BCUT2D eigenvalue weighted by molar-refractivity contribution is 5.46. The van der Waals surface area contributed by atoms with Crippen LogP contribution in [0.25, 0.3) is 0 Å². The molecule has 1 N–H and O–H groups in total. The second-order valence-corrected chi connectivity index (χ2v) is 2.42. The van der Waals surface area contributed by atoms with Crippen LogP contribution in [0.5, 0.6) is 0 Å². The van der Waals surface area contributed by atoms with E-state index >= 15 is 0 Å². The summed E-state index contributed by atoms with van der Waals surface area (Å²) in [6, 6.07) is -0.150. The summed E-state index contributed by atoms with van der Waals surface area (Å²) in [5.41, 5.74) is 0. The van der Waals surface area contributed by atoms with E-state index in [0.29, 0.717) is 5.06 Å². The minimum Gasteiger partial charge on any atom is -0.285 e. The largest absolute Gasteiger partial charge is 0.337 e. The molecule has 0 aliphatic carbocycles. The van der Waals surface area contributed by atoms with Crippen molar-refractivity contribution < 1.29 is 10.0 Å². The van der Waals surface area contributed by atoms with Crippen molar-refractivity contribution in [2.45, 2.75) is 26.8 Å². The van der Waals surface area contributed by atoms with Gasteiger partial charge in [0.2, 0.25) is 0 Å². The van der Waals surface area contributed by atoms with E-state index in [2.05, 4.69) is 0 Å². The normalized spacial score (nSPS) is 13.4. The fourth-order valence-electron chi connectivity index (χ4n) is 0.366. The first-order valence-electron chi connectivity index (χ1n) is 2.95. The van der Waals surface area contributed by atoms with Crippen molar-refractivity contribution in [3.8, 4) is 0 Å². The van der Waals surface area contributed by atoms with Crippen molar-refractivity contribution in [1.82, 2.24) is 5.06 Å². The van der Waals surface area contributed by atoms with Crippen LogP contribution in [0.1, 0.15) is 20.8 Å². The Morgan fingerprint density at radius 1 is 1.44 bits per heavy atom. The van der Waals surface area contributed by atoms with Gasteiger partial charge in [-0.05, 0) is 12.8 Å². The second kappa shape index (κ2) is 3.45. The maximum atomic E-state index is 9.80. The number of amides is 1. The van der Waals surface area contributed by atoms with Crippen LogP contribution in [0.2, 0.25) is 0 Å². The molecule has 0 aliphatic heterocycles. The highest BCUT2D eigenvalue weighted by atomic mass is 16.5. The van der Waals surface area contributed by atoms with Gasteiger partial charge in [-0.3, -0.25) is 10.0 Å². The molecular weight excluding hydrogens is 118 g/mol. The smallest absolute Gasteiger partial charge is 0.285 e. The molecule has 0 bridgehead atoms. The van der Waals surface area contributed by atoms with Crippen LogP contribution in [0, 0.1) is 5.92 Å². The lowest BCUT2D eigenvalue weighted by atomic mass is 10.1. The van der Waals surface area contributed by atoms with Gasteiger partial charge in [0.15, 0.2) is 0 Å². The van der Waals surface area contributed by atoms with Crippen LogP contribution in [-0.4, -0.2) is 22.7 Å². The zero-order valence-electron chi connectivity index (χ0n) is 5.96. The standard InChI is InChI=1S/C6H12NO2/c1-5(2)6(3)7(9)4-8/h5-6,9H,1-3H3. The first-order valence-corrected chi connectivity index (χ1v) is 2.95. The van der Waals surface area contributed by atoms with Crippen molar-refractivity contribution in [3.63, 3.8) is 0 Å². The molecule has 3 heteroatoms. The second-order valence-electron chi connectivity index (χ2n) is 2.42. The Labute approximate surface area is 55.2 Å². The van der Waals surface area contributed by atoms with E-state index in [-0.39, 0.29) is 12.0 Å². The molecule has 1 unspecified atom stereocenters. The third-order valence-corrected chi connectivity index (χ3v) is 1.44. The molecule has 0 aromatic heterocycles. The Bertz CT molecular complexity index is 93.1. The Morgan fingerprint density at radius 3 is 2.00 bits per heavy atom. The van der Waals surface area contributed by atoms with Crippen LogP contribution in [0.3, 0.4) is 0 Å². The summed E-state index contributed by atoms with van der Waals surface area (Å²) >= 11 is 0. The Kier molecular flexibility index (Phi) is 3.24. The zero-order valence-corrected chi connectivity index (χ0v) is 5.96. The van der Waals surface area contributed by atoms with Gasteiger partial charge in [0, 0.05) is 0 Å². The predicted molar refractivity (Wildman–Crippen MR) is 33.6 cm³/mol. The van der Waals surface area contributed by atoms with Crippen LogP contribution in [0.4, 0.5) is 0 Å². The fraction of sp³-hybridized carbons (Fsp3) is 0.833. The lowest BCUT2D eigenvalue weighted by Gasteiger charge is -2.19. The van der Waals surface area contributed by atoms with Gasteiger partial charge in [-0.15, -0.1) is 0 Å². The molecule has 0 aromatic carbocycles. The van der Waals surface area contributed by atoms with Gasteiger partial charge in [0.25, 0.3) is 0 Å². The highest BCUT2D eigenvalue weighted by Crippen LogP contribution is 2.04. The van der Waals surface area contributed by atoms with Gasteiger partial charge in [-0.25, -0.2) is 5.06 Å². The third-order valence-electron chi connectivity index (χ3n) is 1.44. The lowest BCUT2D eigenvalue weighted by molar-refractivity contribution is -0.0629. The molecule has 9 heavy (non-hydrogen) atoms. The zero-order chi connectivity index (χ0) is 7.44. The highest BCUT2D eigenvalue weighted by Gasteiger charge is 2.12. The topological polar surface area (TPSA) is 40.5 Å². The molecular formula is C6H12NO2. The van der Waals surface area contributed by atoms with E-state index in [4.69, 9.17) is 5.21 Å². The molecule has 0 fully saturated rings. The fourth-order valence-corrected chi connectivity index (χ4v) is 0.366. The molecule has 0 saturated carbocycles. The lowest BCUT2D eigenvalue weighted by Crippen LogP contribution is -2.32. The number of hydrogen-bond donors (Lipinski definition) is 1. The van der Waals surface area contributed by atoms with Crippen molar-refractivity contribution in [1.29, 1.82) is 0 Å². The monoisotopic (exact) mass is 130 g/mol. The minimum atomic E-state index is -0.150. The summed E-state index contributed by atoms with van der Waals surface area (Å²) in [5.74, 6) is 0.261.